The third-order valence-electron chi connectivity index (χ3n) is 3.58. The first-order valence-electron chi connectivity index (χ1n) is 7.86. The van der Waals surface area contributed by atoms with Crippen LogP contribution in [-0.4, -0.2) is 20.6 Å². The smallest absolute Gasteiger partial charge is 0.244 e. The van der Waals surface area contributed by atoms with Gasteiger partial charge in [-0.1, -0.05) is 42.0 Å². The average Bonchev–Trinajstić information content (AvgIpc) is 2.53. The molecule has 1 amide bonds. The van der Waals surface area contributed by atoms with Gasteiger partial charge in [-0.05, 0) is 43.2 Å². The largest absolute Gasteiger partial charge is 0.346 e. The van der Waals surface area contributed by atoms with Gasteiger partial charge in [-0.3, -0.25) is 9.52 Å². The summed E-state index contributed by atoms with van der Waals surface area (Å²) in [5, 5.41) is 2.91. The maximum atomic E-state index is 12.0. The Bertz CT molecular complexity index is 855. The fourth-order valence-corrected chi connectivity index (χ4v) is 2.81. The number of amides is 1. The minimum absolute atomic E-state index is 0.0842. The minimum atomic E-state index is -3.29. The normalized spacial score (nSPS) is 12.8. The zero-order valence-electron chi connectivity index (χ0n) is 14.5. The van der Waals surface area contributed by atoms with Crippen molar-refractivity contribution in [2.45, 2.75) is 19.9 Å². The fraction of sp³-hybridized carbons (Fsp3) is 0.211. The van der Waals surface area contributed by atoms with Crippen molar-refractivity contribution in [1.29, 1.82) is 0 Å². The van der Waals surface area contributed by atoms with Gasteiger partial charge in [0.15, 0.2) is 0 Å². The van der Waals surface area contributed by atoms with Gasteiger partial charge in [-0.2, -0.15) is 0 Å². The van der Waals surface area contributed by atoms with Gasteiger partial charge < -0.3 is 5.32 Å². The van der Waals surface area contributed by atoms with E-state index in [4.69, 9.17) is 0 Å². The van der Waals surface area contributed by atoms with E-state index in [1.165, 1.54) is 11.6 Å². The lowest BCUT2D eigenvalue weighted by atomic mass is 10.1. The van der Waals surface area contributed by atoms with Crippen LogP contribution in [0, 0.1) is 6.92 Å². The Kier molecular flexibility index (Phi) is 5.98. The molecular formula is C19H22N2O3S. The van der Waals surface area contributed by atoms with Gasteiger partial charge in [0.25, 0.3) is 0 Å². The first-order chi connectivity index (χ1) is 11.7. The second kappa shape index (κ2) is 7.98. The van der Waals surface area contributed by atoms with Crippen LogP contribution in [0.5, 0.6) is 0 Å². The summed E-state index contributed by atoms with van der Waals surface area (Å²) in [6.45, 7) is 3.95. The van der Waals surface area contributed by atoms with E-state index < -0.39 is 10.0 Å². The number of hydrogen-bond donors (Lipinski definition) is 2. The molecule has 5 nitrogen and oxygen atoms in total. The molecule has 0 fully saturated rings. The van der Waals surface area contributed by atoms with E-state index in [-0.39, 0.29) is 11.9 Å². The molecule has 25 heavy (non-hydrogen) atoms. The first-order valence-corrected chi connectivity index (χ1v) is 9.75. The van der Waals surface area contributed by atoms with E-state index in [1.807, 2.05) is 38.1 Å². The number of carbonyl (C=O) groups excluding carboxylic acids is 1. The van der Waals surface area contributed by atoms with E-state index in [1.54, 1.807) is 30.3 Å². The highest BCUT2D eigenvalue weighted by molar-refractivity contribution is 7.92. The van der Waals surface area contributed by atoms with Gasteiger partial charge in [0.2, 0.25) is 15.9 Å². The first kappa shape index (κ1) is 18.7. The molecule has 0 heterocycles. The molecule has 0 bridgehead atoms. The zero-order valence-corrected chi connectivity index (χ0v) is 15.3. The van der Waals surface area contributed by atoms with Gasteiger partial charge >= 0.3 is 0 Å². The molecule has 132 valence electrons. The molecule has 0 aromatic heterocycles. The number of nitrogens with one attached hydrogen (secondary N) is 2. The second-order valence-corrected chi connectivity index (χ2v) is 7.72. The quantitative estimate of drug-likeness (QED) is 0.778. The predicted molar refractivity (Wildman–Crippen MR) is 102 cm³/mol. The van der Waals surface area contributed by atoms with Gasteiger partial charge in [-0.15, -0.1) is 0 Å². The number of rotatable bonds is 6. The molecule has 0 aliphatic heterocycles. The van der Waals surface area contributed by atoms with E-state index in [9.17, 15) is 13.2 Å². The summed E-state index contributed by atoms with van der Waals surface area (Å²) in [6.07, 6.45) is 4.24. The summed E-state index contributed by atoms with van der Waals surface area (Å²) in [7, 11) is -3.29. The van der Waals surface area contributed by atoms with Crippen LogP contribution in [0.1, 0.15) is 29.7 Å². The highest BCUT2D eigenvalue weighted by Gasteiger charge is 2.07. The summed E-state index contributed by atoms with van der Waals surface area (Å²) < 4.78 is 24.7. The number of anilines is 1. The highest BCUT2D eigenvalue weighted by Crippen LogP contribution is 2.14. The second-order valence-electron chi connectivity index (χ2n) is 5.97. The molecule has 0 radical (unpaired) electrons. The minimum Gasteiger partial charge on any atom is -0.346 e. The van der Waals surface area contributed by atoms with Crippen LogP contribution in [0.4, 0.5) is 5.69 Å². The molecule has 0 saturated carbocycles. The summed E-state index contributed by atoms with van der Waals surface area (Å²) in [5.74, 6) is -0.189. The van der Waals surface area contributed by atoms with Crippen molar-refractivity contribution in [2.24, 2.45) is 0 Å². The van der Waals surface area contributed by atoms with Crippen molar-refractivity contribution >= 4 is 27.7 Å². The van der Waals surface area contributed by atoms with Gasteiger partial charge in [0.05, 0.1) is 12.3 Å². The van der Waals surface area contributed by atoms with Crippen molar-refractivity contribution in [3.8, 4) is 0 Å². The average molecular weight is 358 g/mol. The molecule has 0 saturated heterocycles. The van der Waals surface area contributed by atoms with Gasteiger partial charge in [0.1, 0.15) is 0 Å². The summed E-state index contributed by atoms with van der Waals surface area (Å²) in [6, 6.07) is 14.7. The Morgan fingerprint density at radius 2 is 1.64 bits per heavy atom. The Morgan fingerprint density at radius 1 is 1.04 bits per heavy atom. The lowest BCUT2D eigenvalue weighted by Crippen LogP contribution is -2.24. The predicted octanol–water partition coefficient (Wildman–Crippen LogP) is 3.26. The maximum Gasteiger partial charge on any atom is 0.244 e. The molecule has 1 atom stereocenters. The van der Waals surface area contributed by atoms with E-state index >= 15 is 0 Å². The van der Waals surface area contributed by atoms with Crippen LogP contribution >= 0.6 is 0 Å². The SMILES string of the molecule is Cc1ccc(C(C)NC(=O)/C=C/c2ccc(NS(C)(=O)=O)cc2)cc1. The van der Waals surface area contributed by atoms with Crippen molar-refractivity contribution in [3.05, 3.63) is 71.3 Å². The van der Waals surface area contributed by atoms with E-state index in [2.05, 4.69) is 10.0 Å². The molecular weight excluding hydrogens is 336 g/mol. The lowest BCUT2D eigenvalue weighted by molar-refractivity contribution is -0.117. The Morgan fingerprint density at radius 3 is 2.20 bits per heavy atom. The molecule has 2 N–H and O–H groups in total. The number of benzene rings is 2. The van der Waals surface area contributed by atoms with Crippen LogP contribution < -0.4 is 10.0 Å². The molecule has 2 aromatic carbocycles. The van der Waals surface area contributed by atoms with Crippen LogP contribution in [0.3, 0.4) is 0 Å². The summed E-state index contributed by atoms with van der Waals surface area (Å²) in [5.41, 5.74) is 3.51. The third-order valence-corrected chi connectivity index (χ3v) is 4.18. The van der Waals surface area contributed by atoms with E-state index in [0.717, 1.165) is 17.4 Å². The monoisotopic (exact) mass is 358 g/mol. The molecule has 1 unspecified atom stereocenters. The van der Waals surface area contributed by atoms with Crippen molar-refractivity contribution in [3.63, 3.8) is 0 Å². The van der Waals surface area contributed by atoms with Crippen LogP contribution in [0.2, 0.25) is 0 Å². The molecule has 0 aliphatic rings. The standard InChI is InChI=1S/C19H22N2O3S/c1-14-4-9-17(10-5-14)15(2)20-19(22)13-8-16-6-11-18(12-7-16)21-25(3,23)24/h4-13,15,21H,1-3H3,(H,20,22)/b13-8+. The van der Waals surface area contributed by atoms with Crippen molar-refractivity contribution < 1.29 is 13.2 Å². The highest BCUT2D eigenvalue weighted by atomic mass is 32.2. The van der Waals surface area contributed by atoms with Crippen molar-refractivity contribution in [1.82, 2.24) is 5.32 Å². The zero-order chi connectivity index (χ0) is 18.4. The number of aryl methyl sites for hydroxylation is 1. The van der Waals surface area contributed by atoms with Gasteiger partial charge in [0, 0.05) is 11.8 Å². The molecule has 2 rings (SSSR count). The molecule has 0 spiro atoms. The maximum absolute atomic E-state index is 12.0. The number of sulfonamides is 1. The van der Waals surface area contributed by atoms with Gasteiger partial charge in [-0.25, -0.2) is 8.42 Å². The molecule has 2 aromatic rings. The van der Waals surface area contributed by atoms with Crippen LogP contribution in [-0.2, 0) is 14.8 Å². The number of hydrogen-bond acceptors (Lipinski definition) is 3. The fourth-order valence-electron chi connectivity index (χ4n) is 2.25. The molecule has 6 heteroatoms. The summed E-state index contributed by atoms with van der Waals surface area (Å²) >= 11 is 0. The third kappa shape index (κ3) is 6.43. The van der Waals surface area contributed by atoms with Crippen molar-refractivity contribution in [2.75, 3.05) is 11.0 Å². The Hall–Kier alpha value is -2.60. The Balaban J connectivity index is 1.94. The summed E-state index contributed by atoms with van der Waals surface area (Å²) in [4.78, 5) is 12.0. The Labute approximate surface area is 148 Å². The molecule has 0 aliphatic carbocycles. The van der Waals surface area contributed by atoms with E-state index in [0.29, 0.717) is 5.69 Å². The topological polar surface area (TPSA) is 75.3 Å². The number of carbonyl (C=O) groups is 1. The van der Waals surface area contributed by atoms with Crippen LogP contribution in [0.15, 0.2) is 54.6 Å². The lowest BCUT2D eigenvalue weighted by Gasteiger charge is -2.13. The van der Waals surface area contributed by atoms with Crippen LogP contribution in [0.25, 0.3) is 6.08 Å².